The number of imide groups is 1. The van der Waals surface area contributed by atoms with Crippen LogP contribution >= 0.6 is 0 Å². The number of carbonyl (C=O) groups is 2. The predicted molar refractivity (Wildman–Crippen MR) is 81.1 cm³/mol. The third-order valence-electron chi connectivity index (χ3n) is 4.62. The first-order valence-corrected chi connectivity index (χ1v) is 7.54. The minimum Gasteiger partial charge on any atom is -0.399 e. The number of nitrogens with zero attached hydrogens (tertiary/aromatic N) is 2. The smallest absolute Gasteiger partial charge is 0.261 e. The molecule has 5 nitrogen and oxygen atoms in total. The fourth-order valence-electron chi connectivity index (χ4n) is 3.30. The summed E-state index contributed by atoms with van der Waals surface area (Å²) in [5.74, 6) is -0.419. The molecule has 1 aliphatic carbocycles. The van der Waals surface area contributed by atoms with Crippen LogP contribution in [0, 0.1) is 0 Å². The van der Waals surface area contributed by atoms with Gasteiger partial charge in [0, 0.05) is 24.8 Å². The summed E-state index contributed by atoms with van der Waals surface area (Å²) >= 11 is 0. The number of anilines is 1. The number of nitrogens with two attached hydrogens (primary N) is 1. The highest BCUT2D eigenvalue weighted by Gasteiger charge is 2.35. The Morgan fingerprint density at radius 1 is 1.19 bits per heavy atom. The van der Waals surface area contributed by atoms with Gasteiger partial charge in [-0.3, -0.25) is 14.5 Å². The van der Waals surface area contributed by atoms with Crippen LogP contribution in [0.3, 0.4) is 0 Å². The lowest BCUT2D eigenvalue weighted by Crippen LogP contribution is -2.40. The van der Waals surface area contributed by atoms with E-state index < -0.39 is 0 Å². The van der Waals surface area contributed by atoms with Crippen LogP contribution < -0.4 is 5.73 Å². The van der Waals surface area contributed by atoms with Crippen LogP contribution in [0.2, 0.25) is 0 Å². The van der Waals surface area contributed by atoms with E-state index in [2.05, 4.69) is 11.9 Å². The largest absolute Gasteiger partial charge is 0.399 e. The fraction of sp³-hybridized carbons (Fsp3) is 0.500. The monoisotopic (exact) mass is 287 g/mol. The van der Waals surface area contributed by atoms with Crippen molar-refractivity contribution in [2.75, 3.05) is 25.9 Å². The molecule has 1 fully saturated rings. The molecule has 2 amide bonds. The van der Waals surface area contributed by atoms with E-state index >= 15 is 0 Å². The zero-order chi connectivity index (χ0) is 15.0. The molecule has 1 aromatic carbocycles. The van der Waals surface area contributed by atoms with E-state index in [1.165, 1.54) is 30.6 Å². The standard InChI is InChI=1S/C16H21N3O2/c1-18(12-4-2-3-5-12)8-9-19-15(20)13-7-6-11(17)10-14(13)16(19)21/h6-7,10,12H,2-5,8-9,17H2,1H3. The van der Waals surface area contributed by atoms with E-state index in [4.69, 9.17) is 5.73 Å². The minimum absolute atomic E-state index is 0.199. The van der Waals surface area contributed by atoms with Crippen molar-refractivity contribution >= 4 is 17.5 Å². The van der Waals surface area contributed by atoms with Crippen molar-refractivity contribution in [3.05, 3.63) is 29.3 Å². The molecule has 2 N–H and O–H groups in total. The summed E-state index contributed by atoms with van der Waals surface area (Å²) in [5.41, 5.74) is 7.12. The zero-order valence-electron chi connectivity index (χ0n) is 12.3. The molecular formula is C16H21N3O2. The van der Waals surface area contributed by atoms with Gasteiger partial charge in [0.2, 0.25) is 0 Å². The molecule has 0 unspecified atom stereocenters. The van der Waals surface area contributed by atoms with Crippen molar-refractivity contribution in [2.24, 2.45) is 0 Å². The number of nitrogen functional groups attached to an aromatic ring is 1. The van der Waals surface area contributed by atoms with Crippen LogP contribution in [0.5, 0.6) is 0 Å². The van der Waals surface area contributed by atoms with Crippen LogP contribution in [0.15, 0.2) is 18.2 Å². The second-order valence-electron chi connectivity index (χ2n) is 5.99. The van der Waals surface area contributed by atoms with Crippen molar-refractivity contribution in [3.63, 3.8) is 0 Å². The van der Waals surface area contributed by atoms with Crippen LogP contribution in [0.25, 0.3) is 0 Å². The maximum Gasteiger partial charge on any atom is 0.261 e. The van der Waals surface area contributed by atoms with Crippen LogP contribution in [-0.4, -0.2) is 47.8 Å². The lowest BCUT2D eigenvalue weighted by Gasteiger charge is -2.25. The van der Waals surface area contributed by atoms with Crippen molar-refractivity contribution in [1.82, 2.24) is 9.80 Å². The number of benzene rings is 1. The van der Waals surface area contributed by atoms with Crippen LogP contribution in [-0.2, 0) is 0 Å². The van der Waals surface area contributed by atoms with E-state index in [0.29, 0.717) is 29.4 Å². The summed E-state index contributed by atoms with van der Waals surface area (Å²) in [6.07, 6.45) is 4.99. The van der Waals surface area contributed by atoms with Gasteiger partial charge in [0.05, 0.1) is 11.1 Å². The number of carbonyl (C=O) groups excluding carboxylic acids is 2. The van der Waals surface area contributed by atoms with E-state index in [9.17, 15) is 9.59 Å². The molecule has 0 aromatic heterocycles. The van der Waals surface area contributed by atoms with E-state index in [1.807, 2.05) is 0 Å². The number of fused-ring (bicyclic) bond motifs is 1. The summed E-state index contributed by atoms with van der Waals surface area (Å²) in [6.45, 7) is 1.17. The molecule has 5 heteroatoms. The Morgan fingerprint density at radius 3 is 2.57 bits per heavy atom. The first kappa shape index (κ1) is 14.1. The molecule has 112 valence electrons. The number of likely N-dealkylation sites (N-methyl/N-ethyl adjacent to an activating group) is 1. The van der Waals surface area contributed by atoms with Gasteiger partial charge in [0.25, 0.3) is 11.8 Å². The highest BCUT2D eigenvalue weighted by Crippen LogP contribution is 2.25. The lowest BCUT2D eigenvalue weighted by molar-refractivity contribution is 0.0633. The molecule has 1 aliphatic heterocycles. The average molecular weight is 287 g/mol. The van der Waals surface area contributed by atoms with E-state index in [1.54, 1.807) is 18.2 Å². The molecule has 1 saturated carbocycles. The summed E-state index contributed by atoms with van der Waals surface area (Å²) in [4.78, 5) is 28.2. The van der Waals surface area contributed by atoms with Gasteiger partial charge < -0.3 is 10.6 Å². The van der Waals surface area contributed by atoms with Gasteiger partial charge in [0.1, 0.15) is 0 Å². The van der Waals surface area contributed by atoms with E-state index in [-0.39, 0.29) is 11.8 Å². The molecule has 1 heterocycles. The second kappa shape index (κ2) is 5.48. The molecule has 0 spiro atoms. The van der Waals surface area contributed by atoms with Crippen molar-refractivity contribution in [2.45, 2.75) is 31.7 Å². The minimum atomic E-state index is -0.220. The maximum atomic E-state index is 12.3. The third-order valence-corrected chi connectivity index (χ3v) is 4.62. The lowest BCUT2D eigenvalue weighted by atomic mass is 10.1. The summed E-state index contributed by atoms with van der Waals surface area (Å²) in [5, 5.41) is 0. The van der Waals surface area contributed by atoms with Gasteiger partial charge in [-0.25, -0.2) is 0 Å². The SMILES string of the molecule is CN(CCN1C(=O)c2ccc(N)cc2C1=O)C1CCCC1. The fourth-order valence-corrected chi connectivity index (χ4v) is 3.30. The Labute approximate surface area is 124 Å². The number of amides is 2. The van der Waals surface area contributed by atoms with Gasteiger partial charge in [-0.1, -0.05) is 12.8 Å². The summed E-state index contributed by atoms with van der Waals surface area (Å²) in [6, 6.07) is 5.50. The number of hydrogen-bond donors (Lipinski definition) is 1. The van der Waals surface area contributed by atoms with Crippen LogP contribution in [0.4, 0.5) is 5.69 Å². The first-order chi connectivity index (χ1) is 10.1. The maximum absolute atomic E-state index is 12.3. The summed E-state index contributed by atoms with van der Waals surface area (Å²) < 4.78 is 0. The normalized spacial score (nSPS) is 18.9. The van der Waals surface area contributed by atoms with Gasteiger partial charge >= 0.3 is 0 Å². The molecule has 0 bridgehead atoms. The highest BCUT2D eigenvalue weighted by molar-refractivity contribution is 6.21. The van der Waals surface area contributed by atoms with Crippen molar-refractivity contribution < 1.29 is 9.59 Å². The molecule has 2 aliphatic rings. The number of hydrogen-bond acceptors (Lipinski definition) is 4. The molecule has 0 radical (unpaired) electrons. The van der Waals surface area contributed by atoms with Gasteiger partial charge in [-0.05, 0) is 38.1 Å². The zero-order valence-corrected chi connectivity index (χ0v) is 12.3. The molecular weight excluding hydrogens is 266 g/mol. The van der Waals surface area contributed by atoms with E-state index in [0.717, 1.165) is 6.54 Å². The molecule has 1 aromatic rings. The van der Waals surface area contributed by atoms with Gasteiger partial charge in [0.15, 0.2) is 0 Å². The van der Waals surface area contributed by atoms with Crippen molar-refractivity contribution in [1.29, 1.82) is 0 Å². The number of rotatable bonds is 4. The topological polar surface area (TPSA) is 66.6 Å². The highest BCUT2D eigenvalue weighted by atomic mass is 16.2. The third kappa shape index (κ3) is 2.53. The Hall–Kier alpha value is -1.88. The Morgan fingerprint density at radius 2 is 1.86 bits per heavy atom. The van der Waals surface area contributed by atoms with Gasteiger partial charge in [-0.15, -0.1) is 0 Å². The first-order valence-electron chi connectivity index (χ1n) is 7.54. The summed E-state index contributed by atoms with van der Waals surface area (Å²) in [7, 11) is 2.08. The average Bonchev–Trinajstić information content (AvgIpc) is 3.07. The quantitative estimate of drug-likeness (QED) is 0.676. The molecule has 3 rings (SSSR count). The Balaban J connectivity index is 1.67. The van der Waals surface area contributed by atoms with Crippen molar-refractivity contribution in [3.8, 4) is 0 Å². The Bertz CT molecular complexity index is 579. The predicted octanol–water partition coefficient (Wildman–Crippen LogP) is 1.74. The molecule has 0 saturated heterocycles. The van der Waals surface area contributed by atoms with Crippen LogP contribution in [0.1, 0.15) is 46.4 Å². The second-order valence-corrected chi connectivity index (χ2v) is 5.99. The van der Waals surface area contributed by atoms with Gasteiger partial charge in [-0.2, -0.15) is 0 Å². The Kier molecular flexibility index (Phi) is 3.68. The molecule has 21 heavy (non-hydrogen) atoms. The molecule has 0 atom stereocenters.